The Morgan fingerprint density at radius 3 is 2.90 bits per heavy atom. The zero-order valence-electron chi connectivity index (χ0n) is 10.1. The van der Waals surface area contributed by atoms with E-state index in [1.54, 1.807) is 6.07 Å². The van der Waals surface area contributed by atoms with Crippen molar-refractivity contribution in [2.75, 3.05) is 0 Å². The number of hydrogen-bond donors (Lipinski definition) is 1. The molecule has 2 aromatic heterocycles. The van der Waals surface area contributed by atoms with Gasteiger partial charge in [-0.3, -0.25) is 14.8 Å². The Labute approximate surface area is 111 Å². The molecule has 0 saturated heterocycles. The zero-order chi connectivity index (χ0) is 14.9. The van der Waals surface area contributed by atoms with Gasteiger partial charge >= 0.3 is 11.7 Å². The minimum absolute atomic E-state index is 0.0977. The number of carboxylic acids is 1. The van der Waals surface area contributed by atoms with Crippen molar-refractivity contribution in [3.63, 3.8) is 0 Å². The molecule has 2 heterocycles. The van der Waals surface area contributed by atoms with E-state index in [0.717, 1.165) is 10.9 Å². The van der Waals surface area contributed by atoms with Crippen LogP contribution in [0.3, 0.4) is 0 Å². The van der Waals surface area contributed by atoms with E-state index >= 15 is 0 Å². The average Bonchev–Trinajstić information content (AvgIpc) is 2.95. The lowest BCUT2D eigenvalue weighted by atomic mass is 10.2. The highest BCUT2D eigenvalue weighted by molar-refractivity contribution is 5.87. The van der Waals surface area contributed by atoms with E-state index in [1.807, 2.05) is 0 Å². The highest BCUT2D eigenvalue weighted by Gasteiger charge is 2.23. The van der Waals surface area contributed by atoms with Crippen LogP contribution >= 0.6 is 0 Å². The first-order valence-electron chi connectivity index (χ1n) is 5.24. The summed E-state index contributed by atoms with van der Waals surface area (Å²) in [4.78, 5) is 20.9. The van der Waals surface area contributed by atoms with Crippen LogP contribution in [0, 0.1) is 28.4 Å². The van der Waals surface area contributed by atoms with Crippen LogP contribution in [0.25, 0.3) is 0 Å². The van der Waals surface area contributed by atoms with Gasteiger partial charge in [-0.25, -0.2) is 4.79 Å². The fourth-order valence-corrected chi connectivity index (χ4v) is 1.61. The SMILES string of the molecule is Cc1onc(C(=O)O)c1Cn1cc([N+](=O)[O-])c(C#N)n1. The van der Waals surface area contributed by atoms with E-state index < -0.39 is 16.6 Å². The molecule has 0 atom stereocenters. The monoisotopic (exact) mass is 277 g/mol. The van der Waals surface area contributed by atoms with Crippen LogP contribution < -0.4 is 0 Å². The number of aromatic carboxylic acids is 1. The smallest absolute Gasteiger partial charge is 0.358 e. The Kier molecular flexibility index (Phi) is 3.18. The summed E-state index contributed by atoms with van der Waals surface area (Å²) in [6.07, 6.45) is 1.05. The van der Waals surface area contributed by atoms with Gasteiger partial charge in [0.25, 0.3) is 0 Å². The average molecular weight is 277 g/mol. The fraction of sp³-hybridized carbons (Fsp3) is 0.200. The van der Waals surface area contributed by atoms with Gasteiger partial charge in [0.1, 0.15) is 18.0 Å². The molecule has 0 aromatic carbocycles. The molecule has 0 bridgehead atoms. The van der Waals surface area contributed by atoms with Crippen molar-refractivity contribution >= 4 is 11.7 Å². The third kappa shape index (κ3) is 2.19. The summed E-state index contributed by atoms with van der Waals surface area (Å²) in [5.74, 6) is -1.02. The second kappa shape index (κ2) is 4.81. The molecule has 0 fully saturated rings. The number of nitrogens with zero attached hydrogens (tertiary/aromatic N) is 5. The van der Waals surface area contributed by atoms with E-state index in [4.69, 9.17) is 14.9 Å². The molecule has 0 spiro atoms. The van der Waals surface area contributed by atoms with E-state index in [2.05, 4.69) is 10.3 Å². The van der Waals surface area contributed by atoms with Crippen molar-refractivity contribution in [3.05, 3.63) is 39.0 Å². The van der Waals surface area contributed by atoms with E-state index in [1.165, 1.54) is 6.92 Å². The van der Waals surface area contributed by atoms with Gasteiger partial charge in [-0.2, -0.15) is 10.4 Å². The summed E-state index contributed by atoms with van der Waals surface area (Å²) in [5.41, 5.74) is -0.849. The van der Waals surface area contributed by atoms with Crippen molar-refractivity contribution in [1.82, 2.24) is 14.9 Å². The molecular weight excluding hydrogens is 270 g/mol. The second-order valence-corrected chi connectivity index (χ2v) is 3.80. The van der Waals surface area contributed by atoms with Crippen LogP contribution in [0.1, 0.15) is 27.5 Å². The number of aromatic nitrogens is 3. The van der Waals surface area contributed by atoms with E-state index in [9.17, 15) is 14.9 Å². The quantitative estimate of drug-likeness (QED) is 0.634. The molecule has 2 rings (SSSR count). The highest BCUT2D eigenvalue weighted by atomic mass is 16.6. The van der Waals surface area contributed by atoms with Gasteiger partial charge in [-0.1, -0.05) is 5.16 Å². The topological polar surface area (TPSA) is 148 Å². The molecule has 20 heavy (non-hydrogen) atoms. The predicted octanol–water partition coefficient (Wildman–Crippen LogP) is 0.706. The third-order valence-corrected chi connectivity index (χ3v) is 2.55. The first-order valence-corrected chi connectivity index (χ1v) is 5.24. The molecule has 0 aliphatic heterocycles. The molecule has 0 aliphatic rings. The maximum atomic E-state index is 10.9. The van der Waals surface area contributed by atoms with Gasteiger partial charge in [-0.15, -0.1) is 0 Å². The minimum atomic E-state index is -1.28. The summed E-state index contributed by atoms with van der Waals surface area (Å²) in [6, 6.07) is 1.60. The van der Waals surface area contributed by atoms with Crippen molar-refractivity contribution in [3.8, 4) is 6.07 Å². The lowest BCUT2D eigenvalue weighted by Gasteiger charge is -1.99. The summed E-state index contributed by atoms with van der Waals surface area (Å²) >= 11 is 0. The van der Waals surface area contributed by atoms with Crippen LogP contribution in [-0.2, 0) is 6.54 Å². The van der Waals surface area contributed by atoms with Crippen molar-refractivity contribution in [2.45, 2.75) is 13.5 Å². The van der Waals surface area contributed by atoms with Crippen LogP contribution in [0.5, 0.6) is 0 Å². The van der Waals surface area contributed by atoms with Crippen LogP contribution in [-0.4, -0.2) is 30.9 Å². The Bertz CT molecular complexity index is 738. The molecule has 2 aromatic rings. The highest BCUT2D eigenvalue weighted by Crippen LogP contribution is 2.19. The first-order chi connectivity index (χ1) is 9.43. The molecule has 0 unspecified atom stereocenters. The zero-order valence-corrected chi connectivity index (χ0v) is 10.1. The summed E-state index contributed by atoms with van der Waals surface area (Å²) < 4.78 is 5.87. The summed E-state index contributed by atoms with van der Waals surface area (Å²) in [5, 5.41) is 35.5. The number of hydrogen-bond acceptors (Lipinski definition) is 7. The molecule has 0 amide bonds. The standard InChI is InChI=1S/C10H7N5O5/c1-5-6(9(10(16)17)13-20-5)3-14-4-8(15(18)19)7(2-11)12-14/h4H,3H2,1H3,(H,16,17). The minimum Gasteiger partial charge on any atom is -0.476 e. The third-order valence-electron chi connectivity index (χ3n) is 2.55. The summed E-state index contributed by atoms with van der Waals surface area (Å²) in [7, 11) is 0. The maximum Gasteiger partial charge on any atom is 0.358 e. The van der Waals surface area contributed by atoms with Gasteiger partial charge in [-0.05, 0) is 6.92 Å². The molecule has 0 saturated carbocycles. The molecule has 0 aliphatic carbocycles. The van der Waals surface area contributed by atoms with Gasteiger partial charge in [0.2, 0.25) is 5.69 Å². The van der Waals surface area contributed by atoms with E-state index in [-0.39, 0.29) is 29.3 Å². The molecule has 1 N–H and O–H groups in total. The number of rotatable bonds is 4. The molecular formula is C10H7N5O5. The fourth-order valence-electron chi connectivity index (χ4n) is 1.61. The maximum absolute atomic E-state index is 10.9. The van der Waals surface area contributed by atoms with Crippen molar-refractivity contribution in [1.29, 1.82) is 5.26 Å². The van der Waals surface area contributed by atoms with Crippen LogP contribution in [0.4, 0.5) is 5.69 Å². The Morgan fingerprint density at radius 1 is 1.70 bits per heavy atom. The Balaban J connectivity index is 2.41. The van der Waals surface area contributed by atoms with Gasteiger partial charge in [0.05, 0.1) is 17.0 Å². The molecule has 0 radical (unpaired) electrons. The predicted molar refractivity (Wildman–Crippen MR) is 60.9 cm³/mol. The van der Waals surface area contributed by atoms with Crippen molar-refractivity contribution < 1.29 is 19.3 Å². The van der Waals surface area contributed by atoms with Gasteiger partial charge in [0.15, 0.2) is 5.69 Å². The Hall–Kier alpha value is -3.22. The Morgan fingerprint density at radius 2 is 2.40 bits per heavy atom. The number of carbonyl (C=O) groups is 1. The first kappa shape index (κ1) is 13.2. The lowest BCUT2D eigenvalue weighted by molar-refractivity contribution is -0.385. The lowest BCUT2D eigenvalue weighted by Crippen LogP contribution is -2.07. The van der Waals surface area contributed by atoms with Crippen LogP contribution in [0.2, 0.25) is 0 Å². The second-order valence-electron chi connectivity index (χ2n) is 3.80. The number of aryl methyl sites for hydroxylation is 1. The van der Waals surface area contributed by atoms with E-state index in [0.29, 0.717) is 0 Å². The normalized spacial score (nSPS) is 10.2. The van der Waals surface area contributed by atoms with Crippen molar-refractivity contribution in [2.24, 2.45) is 0 Å². The number of nitro groups is 1. The molecule has 10 heteroatoms. The largest absolute Gasteiger partial charge is 0.476 e. The van der Waals surface area contributed by atoms with Gasteiger partial charge < -0.3 is 9.63 Å². The molecule has 102 valence electrons. The van der Waals surface area contributed by atoms with Gasteiger partial charge in [0, 0.05) is 0 Å². The number of nitriles is 1. The van der Waals surface area contributed by atoms with Crippen LogP contribution in [0.15, 0.2) is 10.7 Å². The number of carboxylic acid groups (broad SMARTS) is 1. The molecule has 10 nitrogen and oxygen atoms in total. The summed E-state index contributed by atoms with van der Waals surface area (Å²) in [6.45, 7) is 1.41.